The number of urea groups is 1. The number of carbonyl (C=O) groups excluding carboxylic acids is 1. The zero-order valence-electron chi connectivity index (χ0n) is 12.2. The molecule has 0 aromatic carbocycles. The fourth-order valence-electron chi connectivity index (χ4n) is 2.37. The van der Waals surface area contributed by atoms with Crippen molar-refractivity contribution in [3.8, 4) is 0 Å². The lowest BCUT2D eigenvalue weighted by Gasteiger charge is -2.24. The first-order valence-corrected chi connectivity index (χ1v) is 7.05. The second kappa shape index (κ2) is 6.78. The number of amides is 2. The lowest BCUT2D eigenvalue weighted by molar-refractivity contribution is -0.137. The van der Waals surface area contributed by atoms with E-state index >= 15 is 0 Å². The van der Waals surface area contributed by atoms with Gasteiger partial charge < -0.3 is 15.3 Å². The van der Waals surface area contributed by atoms with Crippen molar-refractivity contribution >= 4 is 12.0 Å². The number of hydrogen-bond acceptors (Lipinski definition) is 2. The molecule has 1 unspecified atom stereocenters. The number of hydrogen-bond donors (Lipinski definition) is 2. The quantitative estimate of drug-likeness (QED) is 0.823. The van der Waals surface area contributed by atoms with Crippen LogP contribution in [-0.2, 0) is 4.79 Å². The first kappa shape index (κ1) is 15.8. The zero-order chi connectivity index (χ0) is 14.5. The van der Waals surface area contributed by atoms with Gasteiger partial charge in [0.2, 0.25) is 0 Å². The first-order chi connectivity index (χ1) is 8.80. The monoisotopic (exact) mass is 270 g/mol. The Hall–Kier alpha value is -1.26. The minimum Gasteiger partial charge on any atom is -0.481 e. The van der Waals surface area contributed by atoms with Crippen LogP contribution >= 0.6 is 0 Å². The fourth-order valence-corrected chi connectivity index (χ4v) is 2.37. The highest BCUT2D eigenvalue weighted by Crippen LogP contribution is 2.29. The Kier molecular flexibility index (Phi) is 5.63. The molecule has 0 spiro atoms. The molecule has 1 aliphatic rings. The molecule has 0 radical (unpaired) electrons. The Morgan fingerprint density at radius 3 is 2.63 bits per heavy atom. The summed E-state index contributed by atoms with van der Waals surface area (Å²) in [7, 11) is 0. The summed E-state index contributed by atoms with van der Waals surface area (Å²) in [6, 6.07) is -0.0602. The van der Waals surface area contributed by atoms with E-state index in [1.165, 1.54) is 0 Å². The summed E-state index contributed by atoms with van der Waals surface area (Å²) in [5, 5.41) is 11.5. The average Bonchev–Trinajstić information content (AvgIpc) is 2.46. The zero-order valence-corrected chi connectivity index (χ0v) is 12.2. The van der Waals surface area contributed by atoms with Gasteiger partial charge in [0, 0.05) is 26.1 Å². The molecule has 19 heavy (non-hydrogen) atoms. The van der Waals surface area contributed by atoms with Crippen LogP contribution in [0.4, 0.5) is 4.79 Å². The van der Waals surface area contributed by atoms with Crippen molar-refractivity contribution in [3.63, 3.8) is 0 Å². The highest BCUT2D eigenvalue weighted by molar-refractivity contribution is 5.74. The summed E-state index contributed by atoms with van der Waals surface area (Å²) in [5.74, 6) is -0.858. The standard InChI is InChI=1S/C14H26N2O3/c1-11(9-12(17)18)10-15-13(19)16-7-4-5-14(2,3)6-8-16/h11H,4-10H2,1-3H3,(H,15,19)(H,17,18). The third-order valence-corrected chi connectivity index (χ3v) is 3.75. The molecule has 0 aliphatic carbocycles. The molecule has 1 fully saturated rings. The highest BCUT2D eigenvalue weighted by Gasteiger charge is 2.25. The average molecular weight is 270 g/mol. The maximum Gasteiger partial charge on any atom is 0.317 e. The van der Waals surface area contributed by atoms with Gasteiger partial charge in [-0.15, -0.1) is 0 Å². The van der Waals surface area contributed by atoms with Crippen LogP contribution in [0.15, 0.2) is 0 Å². The second-order valence-electron chi connectivity index (χ2n) is 6.39. The third-order valence-electron chi connectivity index (χ3n) is 3.75. The highest BCUT2D eigenvalue weighted by atomic mass is 16.4. The number of rotatable bonds is 4. The van der Waals surface area contributed by atoms with Crippen LogP contribution in [0.1, 0.15) is 46.5 Å². The Morgan fingerprint density at radius 1 is 1.32 bits per heavy atom. The van der Waals surface area contributed by atoms with Gasteiger partial charge in [0.25, 0.3) is 0 Å². The molecule has 2 amide bonds. The molecule has 1 heterocycles. The molecule has 2 N–H and O–H groups in total. The van der Waals surface area contributed by atoms with Crippen molar-refractivity contribution in [2.45, 2.75) is 46.5 Å². The SMILES string of the molecule is CC(CNC(=O)N1CCCC(C)(C)CC1)CC(=O)O. The summed E-state index contributed by atoms with van der Waals surface area (Å²) in [6.07, 6.45) is 3.29. The molecule has 1 atom stereocenters. The maximum absolute atomic E-state index is 12.0. The van der Waals surface area contributed by atoms with E-state index in [0.29, 0.717) is 12.0 Å². The van der Waals surface area contributed by atoms with Crippen LogP contribution in [0.3, 0.4) is 0 Å². The van der Waals surface area contributed by atoms with Gasteiger partial charge in [-0.2, -0.15) is 0 Å². The summed E-state index contributed by atoms with van der Waals surface area (Å²) in [4.78, 5) is 24.4. The van der Waals surface area contributed by atoms with E-state index in [4.69, 9.17) is 5.11 Å². The molecule has 1 rings (SSSR count). The summed E-state index contributed by atoms with van der Waals surface area (Å²) >= 11 is 0. The van der Waals surface area contributed by atoms with Crippen LogP contribution in [-0.4, -0.2) is 41.6 Å². The van der Waals surface area contributed by atoms with E-state index in [9.17, 15) is 9.59 Å². The predicted octanol–water partition coefficient (Wildman–Crippen LogP) is 2.32. The number of nitrogens with one attached hydrogen (secondary N) is 1. The van der Waals surface area contributed by atoms with E-state index < -0.39 is 5.97 Å². The Morgan fingerprint density at radius 2 is 2.00 bits per heavy atom. The third kappa shape index (κ3) is 5.94. The molecule has 1 saturated heterocycles. The van der Waals surface area contributed by atoms with Crippen molar-refractivity contribution in [1.82, 2.24) is 10.2 Å². The van der Waals surface area contributed by atoms with Gasteiger partial charge in [0.05, 0.1) is 0 Å². The first-order valence-electron chi connectivity index (χ1n) is 7.05. The summed E-state index contributed by atoms with van der Waals surface area (Å²) in [5.41, 5.74) is 0.311. The van der Waals surface area contributed by atoms with Crippen molar-refractivity contribution in [1.29, 1.82) is 0 Å². The number of carbonyl (C=O) groups is 2. The van der Waals surface area contributed by atoms with E-state index in [2.05, 4.69) is 19.2 Å². The Bertz CT molecular complexity index is 329. The molecular formula is C14H26N2O3. The van der Waals surface area contributed by atoms with Gasteiger partial charge in [0.15, 0.2) is 0 Å². The number of nitrogens with zero attached hydrogens (tertiary/aromatic N) is 1. The van der Waals surface area contributed by atoms with Crippen LogP contribution in [0.5, 0.6) is 0 Å². The number of likely N-dealkylation sites (tertiary alicyclic amines) is 1. The van der Waals surface area contributed by atoms with Gasteiger partial charge in [-0.25, -0.2) is 4.79 Å². The summed E-state index contributed by atoms with van der Waals surface area (Å²) in [6.45, 7) is 8.31. The Balaban J connectivity index is 2.35. The van der Waals surface area contributed by atoms with Gasteiger partial charge in [0.1, 0.15) is 0 Å². The smallest absolute Gasteiger partial charge is 0.317 e. The molecule has 0 aromatic rings. The lowest BCUT2D eigenvalue weighted by atomic mass is 9.85. The molecule has 110 valence electrons. The minimum atomic E-state index is -0.821. The number of carboxylic acid groups (broad SMARTS) is 1. The molecule has 0 bridgehead atoms. The van der Waals surface area contributed by atoms with E-state index in [1.54, 1.807) is 0 Å². The topological polar surface area (TPSA) is 69.6 Å². The maximum atomic E-state index is 12.0. The van der Waals surface area contributed by atoms with Crippen LogP contribution in [0.25, 0.3) is 0 Å². The van der Waals surface area contributed by atoms with Crippen LogP contribution in [0, 0.1) is 11.3 Å². The van der Waals surface area contributed by atoms with Crippen LogP contribution < -0.4 is 5.32 Å². The van der Waals surface area contributed by atoms with Gasteiger partial charge in [-0.05, 0) is 30.6 Å². The molecule has 0 saturated carbocycles. The van der Waals surface area contributed by atoms with Gasteiger partial charge in [-0.1, -0.05) is 20.8 Å². The molecular weight excluding hydrogens is 244 g/mol. The van der Waals surface area contributed by atoms with E-state index in [-0.39, 0.29) is 18.4 Å². The molecule has 1 aliphatic heterocycles. The van der Waals surface area contributed by atoms with Crippen molar-refractivity contribution in [2.75, 3.05) is 19.6 Å². The van der Waals surface area contributed by atoms with Crippen LogP contribution in [0.2, 0.25) is 0 Å². The molecule has 5 heteroatoms. The van der Waals surface area contributed by atoms with Crippen molar-refractivity contribution < 1.29 is 14.7 Å². The van der Waals surface area contributed by atoms with E-state index in [1.807, 2.05) is 11.8 Å². The number of carboxylic acids is 1. The van der Waals surface area contributed by atoms with Gasteiger partial charge in [-0.3, -0.25) is 4.79 Å². The van der Waals surface area contributed by atoms with E-state index in [0.717, 1.165) is 32.4 Å². The number of aliphatic carboxylic acids is 1. The molecule has 0 aromatic heterocycles. The fraction of sp³-hybridized carbons (Fsp3) is 0.857. The van der Waals surface area contributed by atoms with Gasteiger partial charge >= 0.3 is 12.0 Å². The molecule has 5 nitrogen and oxygen atoms in total. The van der Waals surface area contributed by atoms with Crippen molar-refractivity contribution in [2.24, 2.45) is 11.3 Å². The minimum absolute atomic E-state index is 0.0372. The lowest BCUT2D eigenvalue weighted by Crippen LogP contribution is -2.42. The Labute approximate surface area is 115 Å². The van der Waals surface area contributed by atoms with Crippen molar-refractivity contribution in [3.05, 3.63) is 0 Å². The predicted molar refractivity (Wildman–Crippen MR) is 74.0 cm³/mol. The summed E-state index contributed by atoms with van der Waals surface area (Å²) < 4.78 is 0. The second-order valence-corrected chi connectivity index (χ2v) is 6.39. The normalized spacial score (nSPS) is 20.5. The largest absolute Gasteiger partial charge is 0.481 e.